The third kappa shape index (κ3) is 5.82. The molecule has 0 N–H and O–H groups in total. The van der Waals surface area contributed by atoms with Gasteiger partial charge in [0.1, 0.15) is 11.6 Å². The maximum Gasteiger partial charge on any atom is 0.419 e. The second-order valence-corrected chi connectivity index (χ2v) is 8.08. The van der Waals surface area contributed by atoms with Crippen molar-refractivity contribution in [1.82, 2.24) is 0 Å². The van der Waals surface area contributed by atoms with Crippen molar-refractivity contribution in [2.24, 2.45) is 0 Å². The van der Waals surface area contributed by atoms with E-state index in [1.54, 1.807) is 24.3 Å². The number of hydrogen-bond acceptors (Lipinski definition) is 0. The molecule has 0 aliphatic heterocycles. The minimum atomic E-state index is -4.79. The summed E-state index contributed by atoms with van der Waals surface area (Å²) in [7, 11) is 0. The maximum absolute atomic E-state index is 15.0. The lowest BCUT2D eigenvalue weighted by atomic mass is 10.0. The van der Waals surface area contributed by atoms with Gasteiger partial charge in [0.15, 0.2) is 0 Å². The molecule has 0 amide bonds. The lowest BCUT2D eigenvalue weighted by Gasteiger charge is -2.07. The van der Waals surface area contributed by atoms with Crippen LogP contribution < -0.4 is 0 Å². The summed E-state index contributed by atoms with van der Waals surface area (Å²) < 4.78 is 66.9. The van der Waals surface area contributed by atoms with Crippen molar-refractivity contribution < 1.29 is 22.0 Å². The van der Waals surface area contributed by atoms with Crippen LogP contribution in [0.25, 0.3) is 10.8 Å². The molecule has 0 radical (unpaired) electrons. The molecule has 0 bridgehead atoms. The molecule has 178 valence electrons. The number of aryl methyl sites for hydroxylation is 1. The number of hydrogen-bond donors (Lipinski definition) is 0. The standard InChI is InChI=1S/C31H19F5/c1-2-3-4-21-5-7-22(8-6-21)9-10-23-12-17-27-26(19-23)16-15-25(30(27)33)14-11-24-13-18-28(29(32)20-24)31(34,35)36/h2,5-8,12-13,15-20H,1,3-4H2. The molecule has 5 heteroatoms. The monoisotopic (exact) mass is 486 g/mol. The van der Waals surface area contributed by atoms with E-state index >= 15 is 4.39 Å². The lowest BCUT2D eigenvalue weighted by Crippen LogP contribution is -2.07. The van der Waals surface area contributed by atoms with E-state index in [9.17, 15) is 17.6 Å². The fourth-order valence-corrected chi connectivity index (χ4v) is 3.60. The molecule has 0 aliphatic carbocycles. The molecular weight excluding hydrogens is 467 g/mol. The predicted octanol–water partition coefficient (Wildman–Crippen LogP) is 8.06. The van der Waals surface area contributed by atoms with E-state index in [0.717, 1.165) is 30.0 Å². The Kier molecular flexibility index (Phi) is 7.23. The third-order valence-electron chi connectivity index (χ3n) is 5.51. The summed E-state index contributed by atoms with van der Waals surface area (Å²) in [6.45, 7) is 3.73. The van der Waals surface area contributed by atoms with Crippen molar-refractivity contribution in [1.29, 1.82) is 0 Å². The Morgan fingerprint density at radius 2 is 1.36 bits per heavy atom. The molecule has 0 saturated heterocycles. The van der Waals surface area contributed by atoms with Crippen LogP contribution in [0.4, 0.5) is 22.0 Å². The molecule has 0 spiro atoms. The van der Waals surface area contributed by atoms with E-state index in [1.807, 2.05) is 30.3 Å². The minimum Gasteiger partial charge on any atom is -0.206 e. The molecule has 0 fully saturated rings. The van der Waals surface area contributed by atoms with Gasteiger partial charge in [-0.1, -0.05) is 54.0 Å². The van der Waals surface area contributed by atoms with Gasteiger partial charge in [0.05, 0.1) is 11.1 Å². The SMILES string of the molecule is C=CCCc1ccc(C#Cc2ccc3c(F)c(C#Cc4ccc(C(F)(F)F)c(F)c4)ccc3c2)cc1. The average molecular weight is 486 g/mol. The van der Waals surface area contributed by atoms with Gasteiger partial charge in [-0.05, 0) is 72.3 Å². The Bertz CT molecular complexity index is 1550. The number of benzene rings is 4. The number of halogens is 5. The van der Waals surface area contributed by atoms with E-state index in [2.05, 4.69) is 30.3 Å². The third-order valence-corrected chi connectivity index (χ3v) is 5.51. The number of rotatable bonds is 3. The maximum atomic E-state index is 15.0. The van der Waals surface area contributed by atoms with E-state index in [1.165, 1.54) is 11.6 Å². The molecule has 0 nitrogen and oxygen atoms in total. The summed E-state index contributed by atoms with van der Waals surface area (Å²) in [5, 5.41) is 0.961. The van der Waals surface area contributed by atoms with Crippen molar-refractivity contribution in [2.75, 3.05) is 0 Å². The highest BCUT2D eigenvalue weighted by molar-refractivity contribution is 5.86. The Morgan fingerprint density at radius 3 is 2.06 bits per heavy atom. The number of fused-ring (bicyclic) bond motifs is 1. The van der Waals surface area contributed by atoms with Crippen LogP contribution in [0.2, 0.25) is 0 Å². The fraction of sp³-hybridized carbons (Fsp3) is 0.0968. The van der Waals surface area contributed by atoms with Crippen LogP contribution in [0.15, 0.2) is 85.5 Å². The minimum absolute atomic E-state index is 0.0133. The van der Waals surface area contributed by atoms with Gasteiger partial charge in [0.2, 0.25) is 0 Å². The van der Waals surface area contributed by atoms with Gasteiger partial charge in [-0.25, -0.2) is 8.78 Å². The Hall–Kier alpha value is -4.35. The van der Waals surface area contributed by atoms with Crippen LogP contribution in [0, 0.1) is 35.3 Å². The van der Waals surface area contributed by atoms with Gasteiger partial charge in [0, 0.05) is 22.1 Å². The van der Waals surface area contributed by atoms with Crippen molar-refractivity contribution in [2.45, 2.75) is 19.0 Å². The van der Waals surface area contributed by atoms with E-state index in [4.69, 9.17) is 0 Å². The van der Waals surface area contributed by atoms with Gasteiger partial charge in [0.25, 0.3) is 0 Å². The summed E-state index contributed by atoms with van der Waals surface area (Å²) in [6.07, 6.45) is -1.06. The first-order valence-corrected chi connectivity index (χ1v) is 11.1. The second-order valence-electron chi connectivity index (χ2n) is 8.08. The Labute approximate surface area is 206 Å². The first kappa shape index (κ1) is 24.8. The summed E-state index contributed by atoms with van der Waals surface area (Å²) in [5.74, 6) is 9.30. The molecule has 4 aromatic carbocycles. The Balaban J connectivity index is 1.55. The Morgan fingerprint density at radius 1 is 0.722 bits per heavy atom. The lowest BCUT2D eigenvalue weighted by molar-refractivity contribution is -0.140. The van der Waals surface area contributed by atoms with Crippen LogP contribution in [0.3, 0.4) is 0 Å². The quantitative estimate of drug-likeness (QED) is 0.156. The molecule has 0 saturated carbocycles. The largest absolute Gasteiger partial charge is 0.419 e. The zero-order chi connectivity index (χ0) is 25.7. The molecular formula is C31H19F5. The number of allylic oxidation sites excluding steroid dienone is 1. The highest BCUT2D eigenvalue weighted by Crippen LogP contribution is 2.31. The summed E-state index contributed by atoms with van der Waals surface area (Å²) in [6, 6.07) is 18.6. The zero-order valence-electron chi connectivity index (χ0n) is 19.0. The van der Waals surface area contributed by atoms with Crippen LogP contribution in [-0.4, -0.2) is 0 Å². The zero-order valence-corrected chi connectivity index (χ0v) is 19.0. The summed E-state index contributed by atoms with van der Waals surface area (Å²) in [5.41, 5.74) is 1.50. The molecule has 0 aromatic heterocycles. The average Bonchev–Trinajstić information content (AvgIpc) is 2.85. The van der Waals surface area contributed by atoms with Gasteiger partial charge < -0.3 is 0 Å². The molecule has 0 unspecified atom stereocenters. The van der Waals surface area contributed by atoms with Gasteiger partial charge in [-0.2, -0.15) is 13.2 Å². The highest BCUT2D eigenvalue weighted by atomic mass is 19.4. The van der Waals surface area contributed by atoms with Crippen LogP contribution in [0.1, 0.15) is 39.8 Å². The van der Waals surface area contributed by atoms with Crippen LogP contribution in [-0.2, 0) is 12.6 Å². The summed E-state index contributed by atoms with van der Waals surface area (Å²) in [4.78, 5) is 0. The van der Waals surface area contributed by atoms with Crippen molar-refractivity contribution >= 4 is 10.8 Å². The van der Waals surface area contributed by atoms with Crippen molar-refractivity contribution in [3.05, 3.63) is 130 Å². The molecule has 4 aromatic rings. The van der Waals surface area contributed by atoms with Crippen LogP contribution in [0.5, 0.6) is 0 Å². The van der Waals surface area contributed by atoms with Crippen LogP contribution >= 0.6 is 0 Å². The van der Waals surface area contributed by atoms with Gasteiger partial charge in [-0.15, -0.1) is 6.58 Å². The van der Waals surface area contributed by atoms with Gasteiger partial charge in [-0.3, -0.25) is 0 Å². The summed E-state index contributed by atoms with van der Waals surface area (Å²) >= 11 is 0. The van der Waals surface area contributed by atoms with Gasteiger partial charge >= 0.3 is 6.18 Å². The van der Waals surface area contributed by atoms with Crippen molar-refractivity contribution in [3.8, 4) is 23.7 Å². The molecule has 36 heavy (non-hydrogen) atoms. The van der Waals surface area contributed by atoms with E-state index < -0.39 is 23.4 Å². The first-order chi connectivity index (χ1) is 17.2. The predicted molar refractivity (Wildman–Crippen MR) is 132 cm³/mol. The molecule has 0 aliphatic rings. The fourth-order valence-electron chi connectivity index (χ4n) is 3.60. The van der Waals surface area contributed by atoms with E-state index in [0.29, 0.717) is 22.9 Å². The number of alkyl halides is 3. The normalized spacial score (nSPS) is 10.8. The molecule has 0 atom stereocenters. The molecule has 0 heterocycles. The first-order valence-electron chi connectivity index (χ1n) is 11.1. The molecule has 4 rings (SSSR count). The smallest absolute Gasteiger partial charge is 0.206 e. The highest BCUT2D eigenvalue weighted by Gasteiger charge is 2.33. The van der Waals surface area contributed by atoms with E-state index in [-0.39, 0.29) is 11.1 Å². The van der Waals surface area contributed by atoms with Crippen molar-refractivity contribution in [3.63, 3.8) is 0 Å². The topological polar surface area (TPSA) is 0 Å². The second kappa shape index (κ2) is 10.5.